The van der Waals surface area contributed by atoms with Gasteiger partial charge in [-0.3, -0.25) is 9.69 Å². The summed E-state index contributed by atoms with van der Waals surface area (Å²) in [4.78, 5) is 21.2. The molecule has 0 saturated carbocycles. The van der Waals surface area contributed by atoms with Gasteiger partial charge in [-0.25, -0.2) is 4.98 Å². The Balaban J connectivity index is 1.61. The van der Waals surface area contributed by atoms with Crippen molar-refractivity contribution in [3.8, 4) is 0 Å². The lowest BCUT2D eigenvalue weighted by Gasteiger charge is -2.25. The molecule has 0 aliphatic heterocycles. The van der Waals surface area contributed by atoms with Gasteiger partial charge in [0.2, 0.25) is 5.91 Å². The summed E-state index contributed by atoms with van der Waals surface area (Å²) < 4.78 is 1.19. The Morgan fingerprint density at radius 1 is 1.12 bits per heavy atom. The van der Waals surface area contributed by atoms with Gasteiger partial charge in [0.05, 0.1) is 22.8 Å². The number of benzene rings is 2. The molecule has 1 aromatic heterocycles. The number of thiazole rings is 1. The van der Waals surface area contributed by atoms with E-state index in [1.54, 1.807) is 16.2 Å². The van der Waals surface area contributed by atoms with Crippen molar-refractivity contribution in [3.05, 3.63) is 64.7 Å². The molecule has 3 rings (SSSR count). The Bertz CT molecular complexity index is 855. The van der Waals surface area contributed by atoms with E-state index in [0.29, 0.717) is 13.1 Å². The van der Waals surface area contributed by atoms with Gasteiger partial charge in [0.25, 0.3) is 0 Å². The summed E-state index contributed by atoms with van der Waals surface area (Å²) in [6.07, 6.45) is 0. The molecule has 3 aromatic rings. The number of rotatable bonds is 6. The Morgan fingerprint density at radius 2 is 1.81 bits per heavy atom. The normalized spacial score (nSPS) is 12.5. The average molecular weight is 368 g/mol. The largest absolute Gasteiger partial charge is 0.340 e. The van der Waals surface area contributed by atoms with E-state index >= 15 is 0 Å². The van der Waals surface area contributed by atoms with Gasteiger partial charge in [-0.15, -0.1) is 11.3 Å². The highest BCUT2D eigenvalue weighted by molar-refractivity contribution is 7.18. The lowest BCUT2D eigenvalue weighted by molar-refractivity contribution is -0.131. The monoisotopic (exact) mass is 367 g/mol. The van der Waals surface area contributed by atoms with Crippen LogP contribution in [0.1, 0.15) is 29.1 Å². The van der Waals surface area contributed by atoms with Crippen molar-refractivity contribution in [1.29, 1.82) is 0 Å². The van der Waals surface area contributed by atoms with Gasteiger partial charge in [-0.2, -0.15) is 0 Å². The number of aromatic nitrogens is 1. The van der Waals surface area contributed by atoms with Crippen LogP contribution in [0.15, 0.2) is 48.5 Å². The van der Waals surface area contributed by atoms with E-state index in [1.165, 1.54) is 10.3 Å². The highest BCUT2D eigenvalue weighted by atomic mass is 32.1. The molecule has 1 amide bonds. The summed E-state index contributed by atoms with van der Waals surface area (Å²) in [5, 5.41) is 1.04. The molecule has 0 N–H and O–H groups in total. The quantitative estimate of drug-likeness (QED) is 0.653. The maximum Gasteiger partial charge on any atom is 0.236 e. The lowest BCUT2D eigenvalue weighted by atomic mass is 10.1. The maximum absolute atomic E-state index is 12.6. The van der Waals surface area contributed by atoms with Crippen molar-refractivity contribution >= 4 is 27.5 Å². The number of para-hydroxylation sites is 1. The van der Waals surface area contributed by atoms with E-state index in [9.17, 15) is 4.79 Å². The first-order valence-corrected chi connectivity index (χ1v) is 9.61. The lowest BCUT2D eigenvalue weighted by Crippen LogP contribution is -2.37. The number of hydrogen-bond acceptors (Lipinski definition) is 4. The Labute approximate surface area is 159 Å². The van der Waals surface area contributed by atoms with Crippen molar-refractivity contribution in [2.24, 2.45) is 0 Å². The standard InChI is InChI=1S/C21H25N3OS/c1-15-9-11-17(12-10-15)13-24(4)20(25)14-23(3)16(2)21-22-18-7-5-6-8-19(18)26-21/h5-12,16H,13-14H2,1-4H3/t16-/m0/s1. The summed E-state index contributed by atoms with van der Waals surface area (Å²) in [6, 6.07) is 16.6. The van der Waals surface area contributed by atoms with Crippen LogP contribution in [0.3, 0.4) is 0 Å². The third-order valence-corrected chi connectivity index (χ3v) is 5.89. The van der Waals surface area contributed by atoms with E-state index in [4.69, 9.17) is 4.98 Å². The van der Waals surface area contributed by atoms with Crippen molar-refractivity contribution in [1.82, 2.24) is 14.8 Å². The van der Waals surface area contributed by atoms with Crippen LogP contribution < -0.4 is 0 Å². The molecule has 26 heavy (non-hydrogen) atoms. The molecule has 2 aromatic carbocycles. The molecule has 0 bridgehead atoms. The van der Waals surface area contributed by atoms with Gasteiger partial charge < -0.3 is 4.90 Å². The number of nitrogens with zero attached hydrogens (tertiary/aromatic N) is 3. The van der Waals surface area contributed by atoms with Crippen molar-refractivity contribution in [2.45, 2.75) is 26.4 Å². The average Bonchev–Trinajstić information content (AvgIpc) is 3.06. The SMILES string of the molecule is Cc1ccc(CN(C)C(=O)CN(C)[C@@H](C)c2nc3ccccc3s2)cc1. The minimum absolute atomic E-state index is 0.101. The molecular formula is C21H25N3OS. The number of carbonyl (C=O) groups is 1. The topological polar surface area (TPSA) is 36.4 Å². The van der Waals surface area contributed by atoms with Crippen molar-refractivity contribution in [2.75, 3.05) is 20.6 Å². The predicted octanol–water partition coefficient (Wildman–Crippen LogP) is 4.26. The van der Waals surface area contributed by atoms with Crippen LogP contribution in [0.2, 0.25) is 0 Å². The first kappa shape index (κ1) is 18.5. The Kier molecular flexibility index (Phi) is 5.69. The Morgan fingerprint density at radius 3 is 2.50 bits per heavy atom. The van der Waals surface area contributed by atoms with Crippen LogP contribution in [0.4, 0.5) is 0 Å². The van der Waals surface area contributed by atoms with Crippen LogP contribution in [-0.2, 0) is 11.3 Å². The Hall–Kier alpha value is -2.24. The van der Waals surface area contributed by atoms with Crippen molar-refractivity contribution < 1.29 is 4.79 Å². The molecule has 5 heteroatoms. The smallest absolute Gasteiger partial charge is 0.236 e. The van der Waals surface area contributed by atoms with Gasteiger partial charge in [0.1, 0.15) is 5.01 Å². The molecule has 0 aliphatic carbocycles. The molecule has 0 aliphatic rings. The molecule has 1 heterocycles. The van der Waals surface area contributed by atoms with Gasteiger partial charge in [0, 0.05) is 13.6 Å². The van der Waals surface area contributed by atoms with E-state index in [-0.39, 0.29) is 11.9 Å². The second kappa shape index (κ2) is 7.98. The summed E-state index contributed by atoms with van der Waals surface area (Å²) in [7, 11) is 3.84. The van der Waals surface area contributed by atoms with Gasteiger partial charge in [-0.05, 0) is 38.6 Å². The van der Waals surface area contributed by atoms with E-state index < -0.39 is 0 Å². The van der Waals surface area contributed by atoms with E-state index in [1.807, 2.05) is 32.3 Å². The fraction of sp³-hybridized carbons (Fsp3) is 0.333. The molecule has 0 unspecified atom stereocenters. The second-order valence-corrected chi connectivity index (χ2v) is 7.91. The number of carbonyl (C=O) groups excluding carboxylic acids is 1. The fourth-order valence-electron chi connectivity index (χ4n) is 2.78. The van der Waals surface area contributed by atoms with Gasteiger partial charge in [-0.1, -0.05) is 42.0 Å². The third kappa shape index (κ3) is 4.29. The summed E-state index contributed by atoms with van der Waals surface area (Å²) in [5.74, 6) is 0.112. The first-order valence-electron chi connectivity index (χ1n) is 8.79. The summed E-state index contributed by atoms with van der Waals surface area (Å²) >= 11 is 1.70. The minimum Gasteiger partial charge on any atom is -0.340 e. The second-order valence-electron chi connectivity index (χ2n) is 6.85. The molecule has 0 spiro atoms. The predicted molar refractivity (Wildman–Crippen MR) is 108 cm³/mol. The van der Waals surface area contributed by atoms with Crippen LogP contribution in [0.25, 0.3) is 10.2 Å². The highest BCUT2D eigenvalue weighted by Gasteiger charge is 2.20. The number of hydrogen-bond donors (Lipinski definition) is 0. The fourth-order valence-corrected chi connectivity index (χ4v) is 3.87. The molecule has 4 nitrogen and oxygen atoms in total. The zero-order chi connectivity index (χ0) is 18.7. The highest BCUT2D eigenvalue weighted by Crippen LogP contribution is 2.28. The minimum atomic E-state index is 0.101. The van der Waals surface area contributed by atoms with Gasteiger partial charge in [0.15, 0.2) is 0 Å². The summed E-state index contributed by atoms with van der Waals surface area (Å²) in [5.41, 5.74) is 3.40. The molecule has 0 radical (unpaired) electrons. The maximum atomic E-state index is 12.6. The molecule has 136 valence electrons. The van der Waals surface area contributed by atoms with Crippen LogP contribution in [-0.4, -0.2) is 41.3 Å². The molecule has 0 fully saturated rings. The van der Waals surface area contributed by atoms with Crippen molar-refractivity contribution in [3.63, 3.8) is 0 Å². The van der Waals surface area contributed by atoms with E-state index in [0.717, 1.165) is 16.1 Å². The zero-order valence-corrected chi connectivity index (χ0v) is 16.6. The molecule has 0 saturated heterocycles. The van der Waals surface area contributed by atoms with E-state index in [2.05, 4.69) is 49.1 Å². The van der Waals surface area contributed by atoms with Crippen LogP contribution in [0, 0.1) is 6.92 Å². The molecule has 1 atom stereocenters. The van der Waals surface area contributed by atoms with Crippen LogP contribution >= 0.6 is 11.3 Å². The zero-order valence-electron chi connectivity index (χ0n) is 15.8. The third-order valence-electron chi connectivity index (χ3n) is 4.68. The van der Waals surface area contributed by atoms with Gasteiger partial charge >= 0.3 is 0 Å². The molecular weight excluding hydrogens is 342 g/mol. The number of fused-ring (bicyclic) bond motifs is 1. The van der Waals surface area contributed by atoms with Crippen LogP contribution in [0.5, 0.6) is 0 Å². The number of likely N-dealkylation sites (N-methyl/N-ethyl adjacent to an activating group) is 2. The first-order chi connectivity index (χ1) is 12.4. The summed E-state index contributed by atoms with van der Waals surface area (Å²) in [6.45, 7) is 5.17. The number of amides is 1. The number of aryl methyl sites for hydroxylation is 1.